The van der Waals surface area contributed by atoms with E-state index < -0.39 is 10.2 Å². The van der Waals surface area contributed by atoms with Crippen LogP contribution in [-0.2, 0) is 10.2 Å². The van der Waals surface area contributed by atoms with E-state index in [0.717, 1.165) is 25.7 Å². The molecule has 0 aromatic rings. The van der Waals surface area contributed by atoms with Gasteiger partial charge in [0.25, 0.3) is 10.2 Å². The zero-order chi connectivity index (χ0) is 9.45. The van der Waals surface area contributed by atoms with Crippen LogP contribution in [0.25, 0.3) is 0 Å². The molecule has 0 aromatic heterocycles. The Morgan fingerprint density at radius 1 is 1.08 bits per heavy atom. The maximum absolute atomic E-state index is 10.4. The van der Waals surface area contributed by atoms with Crippen LogP contribution in [0, 0.1) is 0 Å². The van der Waals surface area contributed by atoms with Crippen LogP contribution in [-0.4, -0.2) is 21.5 Å². The fourth-order valence-corrected chi connectivity index (χ4v) is 1.27. The van der Waals surface area contributed by atoms with Crippen molar-refractivity contribution in [2.24, 2.45) is 10.9 Å². The topological polar surface area (TPSA) is 98.2 Å². The second kappa shape index (κ2) is 6.36. The lowest BCUT2D eigenvalue weighted by Crippen LogP contribution is -2.31. The van der Waals surface area contributed by atoms with Gasteiger partial charge in [-0.2, -0.15) is 8.42 Å². The zero-order valence-corrected chi connectivity index (χ0v) is 7.94. The minimum absolute atomic E-state index is 0.420. The van der Waals surface area contributed by atoms with E-state index in [1.165, 1.54) is 0 Å². The number of nitrogens with two attached hydrogens (primary N) is 2. The van der Waals surface area contributed by atoms with E-state index in [-0.39, 0.29) is 0 Å². The van der Waals surface area contributed by atoms with Crippen LogP contribution in [0.1, 0.15) is 25.7 Å². The van der Waals surface area contributed by atoms with Crippen molar-refractivity contribution in [1.29, 1.82) is 0 Å². The van der Waals surface area contributed by atoms with Crippen molar-refractivity contribution in [2.45, 2.75) is 25.7 Å². The Labute approximate surface area is 73.7 Å². The third-order valence-corrected chi connectivity index (χ3v) is 2.04. The van der Waals surface area contributed by atoms with Gasteiger partial charge >= 0.3 is 0 Å². The van der Waals surface area contributed by atoms with Gasteiger partial charge in [-0.1, -0.05) is 12.8 Å². The van der Waals surface area contributed by atoms with Crippen LogP contribution in [0.15, 0.2) is 0 Å². The van der Waals surface area contributed by atoms with Crippen molar-refractivity contribution in [1.82, 2.24) is 4.72 Å². The van der Waals surface area contributed by atoms with Crippen LogP contribution in [0.2, 0.25) is 0 Å². The molecule has 0 saturated carbocycles. The summed E-state index contributed by atoms with van der Waals surface area (Å²) < 4.78 is 23.0. The second-order valence-corrected chi connectivity index (χ2v) is 4.02. The summed E-state index contributed by atoms with van der Waals surface area (Å²) in [6.45, 7) is 1.12. The quantitative estimate of drug-likeness (QED) is 0.468. The van der Waals surface area contributed by atoms with Gasteiger partial charge in [0.1, 0.15) is 0 Å². The first-order valence-corrected chi connectivity index (χ1v) is 5.58. The zero-order valence-electron chi connectivity index (χ0n) is 7.12. The molecule has 6 heteroatoms. The molecule has 0 atom stereocenters. The minimum atomic E-state index is -3.49. The van der Waals surface area contributed by atoms with Crippen LogP contribution < -0.4 is 15.6 Å². The molecule has 0 aromatic carbocycles. The Kier molecular flexibility index (Phi) is 6.27. The summed E-state index contributed by atoms with van der Waals surface area (Å²) in [5.74, 6) is 0. The molecule has 0 aliphatic heterocycles. The first-order chi connectivity index (χ1) is 5.56. The van der Waals surface area contributed by atoms with Gasteiger partial charge in [0.15, 0.2) is 0 Å². The lowest BCUT2D eigenvalue weighted by molar-refractivity contribution is 0.574. The smallest absolute Gasteiger partial charge is 0.274 e. The van der Waals surface area contributed by atoms with E-state index in [9.17, 15) is 8.42 Å². The summed E-state index contributed by atoms with van der Waals surface area (Å²) in [5.41, 5.74) is 5.28. The normalized spacial score (nSPS) is 11.8. The largest absolute Gasteiger partial charge is 0.330 e. The number of hydrogen-bond acceptors (Lipinski definition) is 3. The predicted molar refractivity (Wildman–Crippen MR) is 48.6 cm³/mol. The maximum Gasteiger partial charge on any atom is 0.274 e. The van der Waals surface area contributed by atoms with Crippen molar-refractivity contribution in [3.05, 3.63) is 0 Å². The molecular weight excluding hydrogens is 178 g/mol. The summed E-state index contributed by atoms with van der Waals surface area (Å²) >= 11 is 0. The molecule has 12 heavy (non-hydrogen) atoms. The highest BCUT2D eigenvalue weighted by Gasteiger charge is 1.98. The average molecular weight is 195 g/mol. The highest BCUT2D eigenvalue weighted by atomic mass is 32.2. The summed E-state index contributed by atoms with van der Waals surface area (Å²) in [6, 6.07) is 0. The molecular formula is C6H17N3O2S. The molecule has 0 aliphatic rings. The van der Waals surface area contributed by atoms with Crippen molar-refractivity contribution in [2.75, 3.05) is 13.1 Å². The number of unbranched alkanes of at least 4 members (excludes halogenated alkanes) is 3. The Morgan fingerprint density at radius 3 is 2.17 bits per heavy atom. The second-order valence-electron chi connectivity index (χ2n) is 2.64. The lowest BCUT2D eigenvalue weighted by atomic mass is 10.2. The monoisotopic (exact) mass is 195 g/mol. The van der Waals surface area contributed by atoms with Gasteiger partial charge in [-0.25, -0.2) is 9.86 Å². The van der Waals surface area contributed by atoms with Crippen molar-refractivity contribution >= 4 is 10.2 Å². The van der Waals surface area contributed by atoms with Crippen LogP contribution in [0.5, 0.6) is 0 Å². The molecule has 0 bridgehead atoms. The number of nitrogens with one attached hydrogen (secondary N) is 1. The Balaban J connectivity index is 3.12. The van der Waals surface area contributed by atoms with Crippen LogP contribution in [0.4, 0.5) is 0 Å². The number of rotatable bonds is 7. The Morgan fingerprint density at radius 2 is 1.67 bits per heavy atom. The molecule has 0 unspecified atom stereocenters. The highest BCUT2D eigenvalue weighted by molar-refractivity contribution is 7.87. The van der Waals surface area contributed by atoms with Crippen molar-refractivity contribution in [3.8, 4) is 0 Å². The van der Waals surface area contributed by atoms with E-state index in [1.54, 1.807) is 0 Å². The van der Waals surface area contributed by atoms with Crippen LogP contribution >= 0.6 is 0 Å². The third-order valence-electron chi connectivity index (χ3n) is 1.43. The minimum Gasteiger partial charge on any atom is -0.330 e. The van der Waals surface area contributed by atoms with Crippen molar-refractivity contribution < 1.29 is 8.42 Å². The van der Waals surface area contributed by atoms with Gasteiger partial charge in [0, 0.05) is 6.54 Å². The van der Waals surface area contributed by atoms with E-state index in [1.807, 2.05) is 0 Å². The summed E-state index contributed by atoms with van der Waals surface area (Å²) in [4.78, 5) is 0. The van der Waals surface area contributed by atoms with E-state index in [0.29, 0.717) is 13.1 Å². The molecule has 0 aliphatic carbocycles. The van der Waals surface area contributed by atoms with Gasteiger partial charge in [-0.3, -0.25) is 0 Å². The van der Waals surface area contributed by atoms with Gasteiger partial charge in [-0.15, -0.1) is 0 Å². The standard InChI is InChI=1S/C6H17N3O2S/c7-5-3-1-2-4-6-9-12(8,10)11/h9H,1-7H2,(H2,8,10,11). The Hall–Kier alpha value is -0.170. The molecule has 0 amide bonds. The Bertz CT molecular complexity index is 191. The molecule has 0 heterocycles. The first kappa shape index (κ1) is 11.8. The van der Waals surface area contributed by atoms with Crippen molar-refractivity contribution in [3.63, 3.8) is 0 Å². The summed E-state index contributed by atoms with van der Waals surface area (Å²) in [6.07, 6.45) is 3.84. The first-order valence-electron chi connectivity index (χ1n) is 4.03. The molecule has 74 valence electrons. The molecule has 5 nitrogen and oxygen atoms in total. The van der Waals surface area contributed by atoms with Gasteiger partial charge in [0.05, 0.1) is 0 Å². The summed E-state index contributed by atoms with van der Waals surface area (Å²) in [5, 5.41) is 4.72. The SMILES string of the molecule is NCCCCCCNS(N)(=O)=O. The molecule has 0 saturated heterocycles. The van der Waals surface area contributed by atoms with E-state index in [4.69, 9.17) is 10.9 Å². The summed E-state index contributed by atoms with van der Waals surface area (Å²) in [7, 11) is -3.49. The van der Waals surface area contributed by atoms with Crippen LogP contribution in [0.3, 0.4) is 0 Å². The maximum atomic E-state index is 10.4. The van der Waals surface area contributed by atoms with Gasteiger partial charge in [-0.05, 0) is 19.4 Å². The van der Waals surface area contributed by atoms with Gasteiger partial charge < -0.3 is 5.73 Å². The van der Waals surface area contributed by atoms with Gasteiger partial charge in [0.2, 0.25) is 0 Å². The molecule has 5 N–H and O–H groups in total. The van der Waals surface area contributed by atoms with E-state index >= 15 is 0 Å². The number of hydrogen-bond donors (Lipinski definition) is 3. The molecule has 0 fully saturated rings. The predicted octanol–water partition coefficient (Wildman–Crippen LogP) is -0.701. The lowest BCUT2D eigenvalue weighted by Gasteiger charge is -2.00. The molecule has 0 spiro atoms. The fourth-order valence-electron chi connectivity index (χ4n) is 0.837. The molecule has 0 rings (SSSR count). The highest BCUT2D eigenvalue weighted by Crippen LogP contribution is 1.96. The molecule has 0 radical (unpaired) electrons. The average Bonchev–Trinajstić information content (AvgIpc) is 1.94. The third kappa shape index (κ3) is 9.83. The fraction of sp³-hybridized carbons (Fsp3) is 1.00. The van der Waals surface area contributed by atoms with E-state index in [2.05, 4.69) is 4.72 Å².